The van der Waals surface area contributed by atoms with Crippen molar-refractivity contribution in [2.45, 2.75) is 25.8 Å². The zero-order valence-electron chi connectivity index (χ0n) is 22.1. The largest absolute Gasteiger partial charge is 0.493 e. The van der Waals surface area contributed by atoms with E-state index >= 15 is 0 Å². The molecule has 7 nitrogen and oxygen atoms in total. The van der Waals surface area contributed by atoms with E-state index in [2.05, 4.69) is 15.5 Å². The monoisotopic (exact) mass is 553 g/mol. The predicted octanol–water partition coefficient (Wildman–Crippen LogP) is 5.32. The molecule has 0 unspecified atom stereocenters. The average molecular weight is 554 g/mol. The number of halogens is 2. The number of carbonyl (C=O) groups is 2. The molecule has 1 fully saturated rings. The summed E-state index contributed by atoms with van der Waals surface area (Å²) >= 11 is 5.85. The van der Waals surface area contributed by atoms with Crippen molar-refractivity contribution >= 4 is 29.1 Å². The van der Waals surface area contributed by atoms with Crippen LogP contribution in [0.1, 0.15) is 34.3 Å². The quantitative estimate of drug-likeness (QED) is 0.355. The standard InChI is InChI=1S/C30H33ClFN3O4/c1-38-27-10-7-20(17-28(27)39-2)11-14-33-30(37)24-5-3-4-6-26(24)34-29(36)21-12-15-35(16-13-21)19-22-8-9-23(31)18-25(22)32/h3-10,17-18,21H,11-16,19H2,1-2H3,(H,33,37)(H,34,36). The van der Waals surface area contributed by atoms with E-state index in [1.165, 1.54) is 6.07 Å². The van der Waals surface area contributed by atoms with Crippen LogP contribution in [0.3, 0.4) is 0 Å². The van der Waals surface area contributed by atoms with Crippen LogP contribution in [0.4, 0.5) is 10.1 Å². The lowest BCUT2D eigenvalue weighted by molar-refractivity contribution is -0.121. The fraction of sp³-hybridized carbons (Fsp3) is 0.333. The molecule has 0 aliphatic carbocycles. The van der Waals surface area contributed by atoms with Gasteiger partial charge in [0.15, 0.2) is 11.5 Å². The van der Waals surface area contributed by atoms with Crippen LogP contribution in [-0.4, -0.2) is 50.6 Å². The molecule has 1 saturated heterocycles. The van der Waals surface area contributed by atoms with Gasteiger partial charge < -0.3 is 20.1 Å². The summed E-state index contributed by atoms with van der Waals surface area (Å²) in [6.07, 6.45) is 1.92. The summed E-state index contributed by atoms with van der Waals surface area (Å²) in [7, 11) is 3.17. The Kier molecular flexibility index (Phi) is 9.79. The van der Waals surface area contributed by atoms with E-state index in [1.807, 2.05) is 18.2 Å². The summed E-state index contributed by atoms with van der Waals surface area (Å²) < 4.78 is 24.8. The highest BCUT2D eigenvalue weighted by Crippen LogP contribution is 2.28. The molecular weight excluding hydrogens is 521 g/mol. The van der Waals surface area contributed by atoms with E-state index in [1.54, 1.807) is 50.6 Å². The van der Waals surface area contributed by atoms with Crippen LogP contribution in [0, 0.1) is 11.7 Å². The third-order valence-electron chi connectivity index (χ3n) is 6.94. The van der Waals surface area contributed by atoms with Crippen LogP contribution in [-0.2, 0) is 17.8 Å². The number of para-hydroxylation sites is 1. The number of nitrogens with one attached hydrogen (secondary N) is 2. The number of carbonyl (C=O) groups excluding carboxylic acids is 2. The lowest BCUT2D eigenvalue weighted by Crippen LogP contribution is -2.38. The second-order valence-electron chi connectivity index (χ2n) is 9.52. The van der Waals surface area contributed by atoms with Gasteiger partial charge in [0.1, 0.15) is 5.82 Å². The predicted molar refractivity (Wildman–Crippen MR) is 150 cm³/mol. The first-order chi connectivity index (χ1) is 18.9. The number of nitrogens with zero attached hydrogens (tertiary/aromatic N) is 1. The van der Waals surface area contributed by atoms with Crippen molar-refractivity contribution in [2.24, 2.45) is 5.92 Å². The first kappa shape index (κ1) is 28.4. The number of anilines is 1. The molecule has 206 valence electrons. The van der Waals surface area contributed by atoms with Crippen molar-refractivity contribution in [3.05, 3.63) is 88.2 Å². The Labute approximate surface area is 233 Å². The lowest BCUT2D eigenvalue weighted by Gasteiger charge is -2.31. The summed E-state index contributed by atoms with van der Waals surface area (Å²) in [5.41, 5.74) is 2.48. The van der Waals surface area contributed by atoms with Crippen LogP contribution in [0.15, 0.2) is 60.7 Å². The van der Waals surface area contributed by atoms with E-state index in [0.29, 0.717) is 78.8 Å². The molecule has 0 atom stereocenters. The van der Waals surface area contributed by atoms with Crippen LogP contribution in [0.25, 0.3) is 0 Å². The molecule has 3 aromatic carbocycles. The minimum atomic E-state index is -0.319. The fourth-order valence-electron chi connectivity index (χ4n) is 4.72. The smallest absolute Gasteiger partial charge is 0.253 e. The molecule has 1 heterocycles. The topological polar surface area (TPSA) is 79.9 Å². The molecule has 0 aromatic heterocycles. The molecule has 2 amide bonds. The maximum absolute atomic E-state index is 14.2. The van der Waals surface area contributed by atoms with Gasteiger partial charge in [-0.15, -0.1) is 0 Å². The van der Waals surface area contributed by atoms with Gasteiger partial charge in [-0.25, -0.2) is 4.39 Å². The van der Waals surface area contributed by atoms with Gasteiger partial charge in [-0.2, -0.15) is 0 Å². The Bertz CT molecular complexity index is 1310. The van der Waals surface area contributed by atoms with Crippen molar-refractivity contribution in [1.29, 1.82) is 0 Å². The number of amides is 2. The summed E-state index contributed by atoms with van der Waals surface area (Å²) in [4.78, 5) is 28.1. The van der Waals surface area contributed by atoms with E-state index in [0.717, 1.165) is 5.56 Å². The molecule has 1 aliphatic heterocycles. The SMILES string of the molecule is COc1ccc(CCNC(=O)c2ccccc2NC(=O)C2CCN(Cc3ccc(Cl)cc3F)CC2)cc1OC. The molecule has 2 N–H and O–H groups in total. The molecule has 4 rings (SSSR count). The number of methoxy groups -OCH3 is 2. The second kappa shape index (κ2) is 13.4. The number of benzene rings is 3. The van der Waals surface area contributed by atoms with Crippen molar-refractivity contribution in [2.75, 3.05) is 39.2 Å². The normalized spacial score (nSPS) is 14.1. The maximum atomic E-state index is 14.2. The van der Waals surface area contributed by atoms with Crippen LogP contribution >= 0.6 is 11.6 Å². The number of ether oxygens (including phenoxy) is 2. The molecular formula is C30H33ClFN3O4. The van der Waals surface area contributed by atoms with E-state index in [-0.39, 0.29) is 23.5 Å². The van der Waals surface area contributed by atoms with Gasteiger partial charge >= 0.3 is 0 Å². The summed E-state index contributed by atoms with van der Waals surface area (Å²) in [5.74, 6) is 0.413. The highest BCUT2D eigenvalue weighted by molar-refractivity contribution is 6.30. The maximum Gasteiger partial charge on any atom is 0.253 e. The number of hydrogen-bond donors (Lipinski definition) is 2. The van der Waals surface area contributed by atoms with Crippen molar-refractivity contribution < 1.29 is 23.5 Å². The summed E-state index contributed by atoms with van der Waals surface area (Å²) in [6.45, 7) is 2.25. The molecule has 9 heteroatoms. The highest BCUT2D eigenvalue weighted by atomic mass is 35.5. The van der Waals surface area contributed by atoms with Gasteiger partial charge in [0.05, 0.1) is 25.5 Å². The molecule has 1 aliphatic rings. The minimum absolute atomic E-state index is 0.113. The Morgan fingerprint density at radius 2 is 1.74 bits per heavy atom. The number of hydrogen-bond acceptors (Lipinski definition) is 5. The Hall–Kier alpha value is -3.62. The van der Waals surface area contributed by atoms with E-state index < -0.39 is 0 Å². The molecule has 39 heavy (non-hydrogen) atoms. The molecule has 3 aromatic rings. The van der Waals surface area contributed by atoms with Gasteiger partial charge in [-0.1, -0.05) is 35.9 Å². The molecule has 0 spiro atoms. The average Bonchev–Trinajstić information content (AvgIpc) is 2.95. The number of rotatable bonds is 10. The number of likely N-dealkylation sites (tertiary alicyclic amines) is 1. The Balaban J connectivity index is 1.29. The molecule has 0 saturated carbocycles. The summed E-state index contributed by atoms with van der Waals surface area (Å²) in [6, 6.07) is 17.4. The van der Waals surface area contributed by atoms with Crippen molar-refractivity contribution in [1.82, 2.24) is 10.2 Å². The van der Waals surface area contributed by atoms with Gasteiger partial charge in [0, 0.05) is 29.6 Å². The van der Waals surface area contributed by atoms with Crippen molar-refractivity contribution in [3.63, 3.8) is 0 Å². The van der Waals surface area contributed by atoms with E-state index in [9.17, 15) is 14.0 Å². The Morgan fingerprint density at radius 1 is 1.00 bits per heavy atom. The first-order valence-corrected chi connectivity index (χ1v) is 13.3. The van der Waals surface area contributed by atoms with Gasteiger partial charge in [0.25, 0.3) is 5.91 Å². The third-order valence-corrected chi connectivity index (χ3v) is 7.18. The second-order valence-corrected chi connectivity index (χ2v) is 9.95. The van der Waals surface area contributed by atoms with Crippen LogP contribution in [0.2, 0.25) is 5.02 Å². The highest BCUT2D eigenvalue weighted by Gasteiger charge is 2.26. The fourth-order valence-corrected chi connectivity index (χ4v) is 4.88. The van der Waals surface area contributed by atoms with Gasteiger partial charge in [-0.3, -0.25) is 14.5 Å². The molecule has 0 bridgehead atoms. The van der Waals surface area contributed by atoms with Crippen LogP contribution in [0.5, 0.6) is 11.5 Å². The minimum Gasteiger partial charge on any atom is -0.493 e. The third kappa shape index (κ3) is 7.49. The molecule has 0 radical (unpaired) electrons. The van der Waals surface area contributed by atoms with Gasteiger partial charge in [-0.05, 0) is 74.3 Å². The Morgan fingerprint density at radius 3 is 2.46 bits per heavy atom. The zero-order valence-corrected chi connectivity index (χ0v) is 22.9. The summed E-state index contributed by atoms with van der Waals surface area (Å²) in [5, 5.41) is 6.26. The zero-order chi connectivity index (χ0) is 27.8. The lowest BCUT2D eigenvalue weighted by atomic mass is 9.95. The van der Waals surface area contributed by atoms with Gasteiger partial charge in [0.2, 0.25) is 5.91 Å². The van der Waals surface area contributed by atoms with E-state index in [4.69, 9.17) is 21.1 Å². The number of piperidine rings is 1. The first-order valence-electron chi connectivity index (χ1n) is 12.9. The van der Waals surface area contributed by atoms with Crippen molar-refractivity contribution in [3.8, 4) is 11.5 Å². The van der Waals surface area contributed by atoms with Crippen LogP contribution < -0.4 is 20.1 Å².